The number of halogens is 1. The maximum absolute atomic E-state index is 10.5. The highest BCUT2D eigenvalue weighted by Crippen LogP contribution is 2.22. The summed E-state index contributed by atoms with van der Waals surface area (Å²) in [6, 6.07) is 15.4. The molecule has 1 atom stereocenters. The Hall–Kier alpha value is -1.84. The summed E-state index contributed by atoms with van der Waals surface area (Å²) in [4.78, 5) is 10.5. The normalized spacial score (nSPS) is 12.1. The van der Waals surface area contributed by atoms with E-state index in [2.05, 4.69) is 0 Å². The SMILES string of the molecule is O=C(O)C(O)CCc1ccc(-c2ccc(Cl)cc2)cc1. The quantitative estimate of drug-likeness (QED) is 0.887. The molecular weight excluding hydrogens is 276 g/mol. The number of hydrogen-bond acceptors (Lipinski definition) is 2. The summed E-state index contributed by atoms with van der Waals surface area (Å²) >= 11 is 5.85. The van der Waals surface area contributed by atoms with Gasteiger partial charge in [0, 0.05) is 5.02 Å². The van der Waals surface area contributed by atoms with Crippen LogP contribution in [0.25, 0.3) is 11.1 Å². The highest BCUT2D eigenvalue weighted by Gasteiger charge is 2.12. The highest BCUT2D eigenvalue weighted by atomic mass is 35.5. The number of carbonyl (C=O) groups is 1. The van der Waals surface area contributed by atoms with Gasteiger partial charge >= 0.3 is 5.97 Å². The van der Waals surface area contributed by atoms with Gasteiger partial charge in [0.05, 0.1) is 0 Å². The predicted molar refractivity (Wildman–Crippen MR) is 78.9 cm³/mol. The topological polar surface area (TPSA) is 57.5 Å². The van der Waals surface area contributed by atoms with Crippen LogP contribution in [-0.2, 0) is 11.2 Å². The molecule has 2 rings (SSSR count). The van der Waals surface area contributed by atoms with E-state index in [1.807, 2.05) is 48.5 Å². The Kier molecular flexibility index (Phi) is 4.77. The Bertz CT molecular complexity index is 576. The molecule has 0 saturated heterocycles. The Balaban J connectivity index is 2.03. The molecule has 104 valence electrons. The molecule has 0 aliphatic heterocycles. The van der Waals surface area contributed by atoms with Gasteiger partial charge in [0.25, 0.3) is 0 Å². The van der Waals surface area contributed by atoms with E-state index in [4.69, 9.17) is 16.7 Å². The van der Waals surface area contributed by atoms with E-state index >= 15 is 0 Å². The molecule has 0 fully saturated rings. The van der Waals surface area contributed by atoms with E-state index in [0.29, 0.717) is 11.4 Å². The molecule has 0 saturated carbocycles. The van der Waals surface area contributed by atoms with Crippen LogP contribution in [0.3, 0.4) is 0 Å². The molecule has 0 aliphatic rings. The van der Waals surface area contributed by atoms with Crippen molar-refractivity contribution in [2.75, 3.05) is 0 Å². The molecule has 20 heavy (non-hydrogen) atoms. The maximum Gasteiger partial charge on any atom is 0.332 e. The second-order valence-electron chi connectivity index (χ2n) is 4.60. The molecule has 2 N–H and O–H groups in total. The monoisotopic (exact) mass is 290 g/mol. The van der Waals surface area contributed by atoms with Gasteiger partial charge in [-0.25, -0.2) is 4.79 Å². The molecule has 2 aromatic rings. The number of aliphatic hydroxyl groups excluding tert-OH is 1. The number of hydrogen-bond donors (Lipinski definition) is 2. The summed E-state index contributed by atoms with van der Waals surface area (Å²) in [6.45, 7) is 0. The first-order valence-electron chi connectivity index (χ1n) is 6.32. The molecule has 2 aromatic carbocycles. The number of benzene rings is 2. The van der Waals surface area contributed by atoms with Gasteiger partial charge in [0.15, 0.2) is 6.10 Å². The van der Waals surface area contributed by atoms with Crippen molar-refractivity contribution in [2.24, 2.45) is 0 Å². The summed E-state index contributed by atoms with van der Waals surface area (Å²) in [5, 5.41) is 18.6. The van der Waals surface area contributed by atoms with Crippen molar-refractivity contribution < 1.29 is 15.0 Å². The summed E-state index contributed by atoms with van der Waals surface area (Å²) < 4.78 is 0. The predicted octanol–water partition coefficient (Wildman–Crippen LogP) is 3.39. The number of rotatable bonds is 5. The van der Waals surface area contributed by atoms with Gasteiger partial charge < -0.3 is 10.2 Å². The first kappa shape index (κ1) is 14.6. The van der Waals surface area contributed by atoms with Gasteiger partial charge in [-0.15, -0.1) is 0 Å². The van der Waals surface area contributed by atoms with Crippen LogP contribution >= 0.6 is 11.6 Å². The van der Waals surface area contributed by atoms with Crippen LogP contribution in [0, 0.1) is 0 Å². The van der Waals surface area contributed by atoms with Gasteiger partial charge in [-0.2, -0.15) is 0 Å². The van der Waals surface area contributed by atoms with Gasteiger partial charge in [0.1, 0.15) is 0 Å². The van der Waals surface area contributed by atoms with E-state index in [1.54, 1.807) is 0 Å². The lowest BCUT2D eigenvalue weighted by atomic mass is 10.0. The largest absolute Gasteiger partial charge is 0.479 e. The Morgan fingerprint density at radius 1 is 1.00 bits per heavy atom. The van der Waals surface area contributed by atoms with E-state index in [1.165, 1.54) is 0 Å². The smallest absolute Gasteiger partial charge is 0.332 e. The lowest BCUT2D eigenvalue weighted by Crippen LogP contribution is -2.19. The van der Waals surface area contributed by atoms with Crippen molar-refractivity contribution in [2.45, 2.75) is 18.9 Å². The first-order valence-corrected chi connectivity index (χ1v) is 6.70. The average molecular weight is 291 g/mol. The summed E-state index contributed by atoms with van der Waals surface area (Å²) in [5.41, 5.74) is 3.15. The summed E-state index contributed by atoms with van der Waals surface area (Å²) in [5.74, 6) is -1.18. The van der Waals surface area contributed by atoms with Gasteiger partial charge in [-0.1, -0.05) is 48.0 Å². The van der Waals surface area contributed by atoms with Gasteiger partial charge in [0.2, 0.25) is 0 Å². The van der Waals surface area contributed by atoms with Crippen LogP contribution in [0.1, 0.15) is 12.0 Å². The highest BCUT2D eigenvalue weighted by molar-refractivity contribution is 6.30. The third-order valence-corrected chi connectivity index (χ3v) is 3.37. The summed E-state index contributed by atoms with van der Waals surface area (Å²) in [6.07, 6.45) is -0.546. The van der Waals surface area contributed by atoms with Crippen LogP contribution in [0.5, 0.6) is 0 Å². The maximum atomic E-state index is 10.5. The molecule has 0 radical (unpaired) electrons. The van der Waals surface area contributed by atoms with Crippen LogP contribution in [0.2, 0.25) is 5.02 Å². The lowest BCUT2D eigenvalue weighted by molar-refractivity contribution is -0.146. The van der Waals surface area contributed by atoms with Crippen LogP contribution in [-0.4, -0.2) is 22.3 Å². The van der Waals surface area contributed by atoms with Gasteiger partial charge in [-0.3, -0.25) is 0 Å². The van der Waals surface area contributed by atoms with Crippen molar-refractivity contribution in [3.63, 3.8) is 0 Å². The molecule has 0 aliphatic carbocycles. The number of aliphatic carboxylic acids is 1. The average Bonchev–Trinajstić information content (AvgIpc) is 2.46. The number of carboxylic acid groups (broad SMARTS) is 1. The minimum Gasteiger partial charge on any atom is -0.479 e. The van der Waals surface area contributed by atoms with Crippen molar-refractivity contribution in [3.05, 3.63) is 59.1 Å². The molecule has 3 nitrogen and oxygen atoms in total. The van der Waals surface area contributed by atoms with Crippen LogP contribution < -0.4 is 0 Å². The van der Waals surface area contributed by atoms with Crippen LogP contribution in [0.15, 0.2) is 48.5 Å². The molecule has 0 bridgehead atoms. The minimum atomic E-state index is -1.30. The summed E-state index contributed by atoms with van der Waals surface area (Å²) in [7, 11) is 0. The fourth-order valence-electron chi connectivity index (χ4n) is 1.93. The fraction of sp³-hybridized carbons (Fsp3) is 0.188. The van der Waals surface area contributed by atoms with Gasteiger partial charge in [-0.05, 0) is 41.7 Å². The molecule has 0 heterocycles. The molecule has 0 spiro atoms. The number of aliphatic hydroxyl groups is 1. The van der Waals surface area contributed by atoms with Crippen LogP contribution in [0.4, 0.5) is 0 Å². The Morgan fingerprint density at radius 3 is 2.00 bits per heavy atom. The van der Waals surface area contributed by atoms with E-state index in [0.717, 1.165) is 16.7 Å². The van der Waals surface area contributed by atoms with Crippen molar-refractivity contribution in [3.8, 4) is 11.1 Å². The molecule has 4 heteroatoms. The lowest BCUT2D eigenvalue weighted by Gasteiger charge is -2.07. The third kappa shape index (κ3) is 3.83. The van der Waals surface area contributed by atoms with Crippen molar-refractivity contribution in [1.29, 1.82) is 0 Å². The Morgan fingerprint density at radius 2 is 1.50 bits per heavy atom. The number of aryl methyl sites for hydroxylation is 1. The minimum absolute atomic E-state index is 0.218. The molecule has 1 unspecified atom stereocenters. The standard InChI is InChI=1S/C16H15ClO3/c17-14-8-6-13(7-9-14)12-4-1-11(2-5-12)3-10-15(18)16(19)20/h1-2,4-9,15,18H,3,10H2,(H,19,20). The van der Waals surface area contributed by atoms with E-state index in [9.17, 15) is 9.90 Å². The van der Waals surface area contributed by atoms with E-state index < -0.39 is 12.1 Å². The Labute approximate surface area is 122 Å². The molecular formula is C16H15ClO3. The molecule has 0 aromatic heterocycles. The zero-order chi connectivity index (χ0) is 14.5. The van der Waals surface area contributed by atoms with E-state index in [-0.39, 0.29) is 6.42 Å². The third-order valence-electron chi connectivity index (χ3n) is 3.12. The van der Waals surface area contributed by atoms with Crippen molar-refractivity contribution >= 4 is 17.6 Å². The first-order chi connectivity index (χ1) is 9.56. The zero-order valence-electron chi connectivity index (χ0n) is 10.8. The number of carboxylic acids is 1. The second kappa shape index (κ2) is 6.55. The fourth-order valence-corrected chi connectivity index (χ4v) is 2.06. The second-order valence-corrected chi connectivity index (χ2v) is 5.03. The van der Waals surface area contributed by atoms with Crippen molar-refractivity contribution in [1.82, 2.24) is 0 Å². The zero-order valence-corrected chi connectivity index (χ0v) is 11.5. The molecule has 0 amide bonds.